The highest BCUT2D eigenvalue weighted by atomic mass is 31.2. The van der Waals surface area contributed by atoms with Crippen molar-refractivity contribution in [2.24, 2.45) is 0 Å². The van der Waals surface area contributed by atoms with Gasteiger partial charge in [0.15, 0.2) is 6.10 Å². The van der Waals surface area contributed by atoms with Crippen molar-refractivity contribution in [3.8, 4) is 0 Å². The first-order valence-corrected chi connectivity index (χ1v) is 34.1. The average Bonchev–Trinajstić information content (AvgIpc) is 3.41. The van der Waals surface area contributed by atoms with Gasteiger partial charge in [-0.05, 0) is 83.5 Å². The minimum Gasteiger partial charge on any atom is -0.756 e. The van der Waals surface area contributed by atoms with Crippen molar-refractivity contribution in [3.05, 3.63) is 72.9 Å². The number of esters is 2. The number of ether oxygens (including phenoxy) is 2. The zero-order valence-corrected chi connectivity index (χ0v) is 52.5. The largest absolute Gasteiger partial charge is 0.756 e. The van der Waals surface area contributed by atoms with Crippen LogP contribution < -0.4 is 4.89 Å². The van der Waals surface area contributed by atoms with Crippen LogP contribution in [-0.4, -0.2) is 70.0 Å². The third-order valence-electron chi connectivity index (χ3n) is 14.2. The number of phosphoric acid groups is 1. The fourth-order valence-electron chi connectivity index (χ4n) is 9.21. The number of phosphoric ester groups is 1. The van der Waals surface area contributed by atoms with Crippen molar-refractivity contribution in [1.82, 2.24) is 0 Å². The highest BCUT2D eigenvalue weighted by Gasteiger charge is 2.22. The van der Waals surface area contributed by atoms with E-state index in [1.165, 1.54) is 193 Å². The average molecular weight is 1110 g/mol. The Bertz CT molecular complexity index is 1550. The molecule has 2 unspecified atom stereocenters. The summed E-state index contributed by atoms with van der Waals surface area (Å²) in [5.41, 5.74) is 0. The standard InChI is InChI=1S/C68H124NO8P/c1-6-8-10-12-14-16-18-20-22-24-26-28-30-32-33-34-35-37-39-41-43-45-47-49-51-53-55-57-59-61-68(71)77-66(65-76-78(72,73)75-63-62-69(3,4)5)64-74-67(70)60-58-56-54-52-50-48-46-44-42-40-38-36-31-29-27-25-23-21-19-17-15-13-11-9-7-2/h8,10,14,16,19-22,25-28,66H,6-7,9,11-13,15,17-18,23-24,29-65H2,1-5H3/b10-8-,16-14-,21-19-,22-20-,27-25-,28-26-. The van der Waals surface area contributed by atoms with E-state index in [1.807, 2.05) is 21.1 Å². The lowest BCUT2D eigenvalue weighted by Crippen LogP contribution is -2.37. The van der Waals surface area contributed by atoms with Crippen LogP contribution in [0, 0.1) is 0 Å². The molecule has 0 bridgehead atoms. The number of unbranched alkanes of at least 4 members (excludes halogenated alkanes) is 34. The maximum Gasteiger partial charge on any atom is 0.306 e. The number of carbonyl (C=O) groups excluding carboxylic acids is 2. The van der Waals surface area contributed by atoms with Crippen LogP contribution >= 0.6 is 7.82 Å². The molecule has 0 spiro atoms. The zero-order valence-electron chi connectivity index (χ0n) is 51.6. The fraction of sp³-hybridized carbons (Fsp3) is 0.794. The van der Waals surface area contributed by atoms with Crippen LogP contribution in [0.5, 0.6) is 0 Å². The summed E-state index contributed by atoms with van der Waals surface area (Å²) >= 11 is 0. The van der Waals surface area contributed by atoms with Gasteiger partial charge < -0.3 is 27.9 Å². The molecule has 0 saturated carbocycles. The first-order valence-electron chi connectivity index (χ1n) is 32.6. The van der Waals surface area contributed by atoms with Gasteiger partial charge in [-0.2, -0.15) is 0 Å². The molecule has 0 heterocycles. The molecule has 0 aromatic carbocycles. The van der Waals surface area contributed by atoms with Crippen molar-refractivity contribution >= 4 is 19.8 Å². The maximum atomic E-state index is 12.8. The molecule has 0 fully saturated rings. The molecule has 0 rings (SSSR count). The summed E-state index contributed by atoms with van der Waals surface area (Å²) in [5, 5.41) is 0. The molecular weight excluding hydrogens is 990 g/mol. The fourth-order valence-corrected chi connectivity index (χ4v) is 9.94. The van der Waals surface area contributed by atoms with Crippen molar-refractivity contribution in [1.29, 1.82) is 0 Å². The van der Waals surface area contributed by atoms with Crippen LogP contribution in [0.2, 0.25) is 0 Å². The van der Waals surface area contributed by atoms with Gasteiger partial charge in [0, 0.05) is 12.8 Å². The number of allylic oxidation sites excluding steroid dienone is 12. The van der Waals surface area contributed by atoms with Gasteiger partial charge in [0.1, 0.15) is 19.8 Å². The smallest absolute Gasteiger partial charge is 0.306 e. The summed E-state index contributed by atoms with van der Waals surface area (Å²) in [5.74, 6) is -0.824. The van der Waals surface area contributed by atoms with Crippen molar-refractivity contribution in [2.75, 3.05) is 47.5 Å². The molecule has 0 saturated heterocycles. The van der Waals surface area contributed by atoms with Gasteiger partial charge in [-0.1, -0.05) is 273 Å². The molecule has 454 valence electrons. The minimum absolute atomic E-state index is 0.0316. The molecule has 0 aromatic heterocycles. The highest BCUT2D eigenvalue weighted by Crippen LogP contribution is 2.38. The van der Waals surface area contributed by atoms with Gasteiger partial charge >= 0.3 is 11.9 Å². The Balaban J connectivity index is 4.07. The Morgan fingerprint density at radius 3 is 1.09 bits per heavy atom. The molecule has 0 aliphatic carbocycles. The van der Waals surface area contributed by atoms with Gasteiger partial charge in [0.25, 0.3) is 7.82 Å². The first kappa shape index (κ1) is 75.5. The van der Waals surface area contributed by atoms with Gasteiger partial charge in [-0.25, -0.2) is 0 Å². The number of likely N-dealkylation sites (N-methyl/N-ethyl adjacent to an activating group) is 1. The number of quaternary nitrogens is 1. The molecule has 0 aliphatic rings. The van der Waals surface area contributed by atoms with E-state index in [4.69, 9.17) is 18.5 Å². The predicted octanol–water partition coefficient (Wildman–Crippen LogP) is 20.2. The summed E-state index contributed by atoms with van der Waals surface area (Å²) in [6.07, 6.45) is 78.2. The zero-order chi connectivity index (χ0) is 57.0. The van der Waals surface area contributed by atoms with Crippen molar-refractivity contribution in [3.63, 3.8) is 0 Å². The summed E-state index contributed by atoms with van der Waals surface area (Å²) in [6, 6.07) is 0. The SMILES string of the molecule is CC/C=C\C/C=C\C/C=C\C/C=C\CCCCCCCCCCCCCCCCCCC(=O)OC(COC(=O)CCCCCCCCCCCCCCC/C=C\C/C=C\CCCCCCC)COP(=O)([O-])OCC[N+](C)(C)C. The molecule has 78 heavy (non-hydrogen) atoms. The molecule has 0 aromatic rings. The van der Waals surface area contributed by atoms with Crippen LogP contribution in [0.15, 0.2) is 72.9 Å². The Morgan fingerprint density at radius 1 is 0.410 bits per heavy atom. The number of hydrogen-bond donors (Lipinski definition) is 0. The van der Waals surface area contributed by atoms with Crippen molar-refractivity contribution < 1.29 is 42.1 Å². The minimum atomic E-state index is -4.64. The second kappa shape index (κ2) is 59.1. The lowest BCUT2D eigenvalue weighted by atomic mass is 10.0. The van der Waals surface area contributed by atoms with Crippen LogP contribution in [-0.2, 0) is 32.7 Å². The summed E-state index contributed by atoms with van der Waals surface area (Å²) < 4.78 is 34.3. The highest BCUT2D eigenvalue weighted by molar-refractivity contribution is 7.45. The quantitative estimate of drug-likeness (QED) is 0.0195. The van der Waals surface area contributed by atoms with E-state index in [0.29, 0.717) is 17.4 Å². The molecular formula is C68H124NO8P. The Hall–Kier alpha value is -2.55. The summed E-state index contributed by atoms with van der Waals surface area (Å²) in [7, 11) is 1.17. The third kappa shape index (κ3) is 62.6. The van der Waals surface area contributed by atoms with E-state index in [2.05, 4.69) is 86.8 Å². The normalized spacial score (nSPS) is 13.7. The number of hydrogen-bond acceptors (Lipinski definition) is 8. The Morgan fingerprint density at radius 2 is 0.731 bits per heavy atom. The second-order valence-electron chi connectivity index (χ2n) is 23.1. The molecule has 0 amide bonds. The molecule has 0 N–H and O–H groups in total. The van der Waals surface area contributed by atoms with Gasteiger partial charge in [0.05, 0.1) is 27.7 Å². The molecule has 0 aliphatic heterocycles. The number of nitrogens with zero attached hydrogens (tertiary/aromatic N) is 1. The third-order valence-corrected chi connectivity index (χ3v) is 15.2. The van der Waals surface area contributed by atoms with E-state index < -0.39 is 26.5 Å². The topological polar surface area (TPSA) is 111 Å². The summed E-state index contributed by atoms with van der Waals surface area (Å²) in [4.78, 5) is 38.0. The van der Waals surface area contributed by atoms with Crippen LogP contribution in [0.4, 0.5) is 0 Å². The van der Waals surface area contributed by atoms with E-state index >= 15 is 0 Å². The van der Waals surface area contributed by atoms with E-state index in [-0.39, 0.29) is 32.0 Å². The van der Waals surface area contributed by atoms with Crippen LogP contribution in [0.1, 0.15) is 296 Å². The first-order chi connectivity index (χ1) is 38.0. The van der Waals surface area contributed by atoms with E-state index in [1.54, 1.807) is 0 Å². The van der Waals surface area contributed by atoms with Crippen LogP contribution in [0.3, 0.4) is 0 Å². The number of carbonyl (C=O) groups is 2. The molecule has 0 radical (unpaired) electrons. The second-order valence-corrected chi connectivity index (χ2v) is 24.5. The van der Waals surface area contributed by atoms with E-state index in [9.17, 15) is 19.0 Å². The van der Waals surface area contributed by atoms with E-state index in [0.717, 1.165) is 70.6 Å². The van der Waals surface area contributed by atoms with Gasteiger partial charge in [-0.15, -0.1) is 0 Å². The van der Waals surface area contributed by atoms with Gasteiger partial charge in [0.2, 0.25) is 0 Å². The van der Waals surface area contributed by atoms with Crippen LogP contribution in [0.25, 0.3) is 0 Å². The number of rotatable bonds is 60. The maximum absolute atomic E-state index is 12.8. The van der Waals surface area contributed by atoms with Gasteiger partial charge in [-0.3, -0.25) is 14.2 Å². The Labute approximate surface area is 482 Å². The monoisotopic (exact) mass is 1110 g/mol. The molecule has 9 nitrogen and oxygen atoms in total. The Kier molecular flexibility index (Phi) is 57.2. The van der Waals surface area contributed by atoms with Crippen molar-refractivity contribution in [2.45, 2.75) is 302 Å². The summed E-state index contributed by atoms with van der Waals surface area (Å²) in [6.45, 7) is 4.15. The lowest BCUT2D eigenvalue weighted by molar-refractivity contribution is -0.870. The molecule has 10 heteroatoms. The molecule has 2 atom stereocenters. The predicted molar refractivity (Wildman–Crippen MR) is 333 cm³/mol. The lowest BCUT2D eigenvalue weighted by Gasteiger charge is -2.28.